The fourth-order valence-electron chi connectivity index (χ4n) is 2.19. The lowest BCUT2D eigenvalue weighted by molar-refractivity contribution is -0.117. The Morgan fingerprint density at radius 2 is 2.25 bits per heavy atom. The zero-order valence-electron chi connectivity index (χ0n) is 8.81. The molecule has 0 bridgehead atoms. The third-order valence-electron chi connectivity index (χ3n) is 3.01. The molecule has 4 heteroatoms. The molecule has 3 rings (SSSR count). The van der Waals surface area contributed by atoms with Crippen LogP contribution in [0.2, 0.25) is 0 Å². The van der Waals surface area contributed by atoms with Crippen LogP contribution in [-0.2, 0) is 4.79 Å². The van der Waals surface area contributed by atoms with Crippen molar-refractivity contribution in [1.29, 1.82) is 0 Å². The van der Waals surface area contributed by atoms with Gasteiger partial charge in [0, 0.05) is 36.4 Å². The van der Waals surface area contributed by atoms with Crippen molar-refractivity contribution < 1.29 is 4.79 Å². The monoisotopic (exact) mass is 215 g/mol. The van der Waals surface area contributed by atoms with Crippen LogP contribution in [0.4, 0.5) is 5.69 Å². The zero-order valence-corrected chi connectivity index (χ0v) is 8.81. The van der Waals surface area contributed by atoms with Crippen molar-refractivity contribution in [2.24, 2.45) is 5.73 Å². The highest BCUT2D eigenvalue weighted by Gasteiger charge is 2.27. The van der Waals surface area contributed by atoms with Gasteiger partial charge in [-0.05, 0) is 23.6 Å². The number of amides is 1. The molecule has 0 spiro atoms. The van der Waals surface area contributed by atoms with Crippen LogP contribution in [0.1, 0.15) is 6.42 Å². The minimum Gasteiger partial charge on any atom is -0.361 e. The number of hydrogen-bond acceptors (Lipinski definition) is 2. The largest absolute Gasteiger partial charge is 0.361 e. The normalized spacial score (nSPS) is 20.9. The zero-order chi connectivity index (χ0) is 11.1. The summed E-state index contributed by atoms with van der Waals surface area (Å²) in [5.74, 6) is 0.110. The van der Waals surface area contributed by atoms with E-state index in [-0.39, 0.29) is 11.9 Å². The number of aromatic amines is 1. The third-order valence-corrected chi connectivity index (χ3v) is 3.01. The van der Waals surface area contributed by atoms with Crippen molar-refractivity contribution in [3.05, 3.63) is 30.5 Å². The summed E-state index contributed by atoms with van der Waals surface area (Å²) in [5, 5.41) is 1.15. The Balaban J connectivity index is 2.02. The molecule has 1 aliphatic heterocycles. The second-order valence-corrected chi connectivity index (χ2v) is 4.22. The first-order chi connectivity index (χ1) is 7.74. The SMILES string of the molecule is NC1CC(=O)N(c2ccc3cc[nH]c3c2)C1. The Hall–Kier alpha value is -1.81. The fraction of sp³-hybridized carbons (Fsp3) is 0.250. The second kappa shape index (κ2) is 3.35. The predicted molar refractivity (Wildman–Crippen MR) is 63.2 cm³/mol. The van der Waals surface area contributed by atoms with E-state index in [1.54, 1.807) is 4.90 Å². The van der Waals surface area contributed by atoms with Crippen molar-refractivity contribution in [2.45, 2.75) is 12.5 Å². The maximum Gasteiger partial charge on any atom is 0.228 e. The molecule has 0 aliphatic carbocycles. The first-order valence-electron chi connectivity index (χ1n) is 5.37. The van der Waals surface area contributed by atoms with Gasteiger partial charge in [0.2, 0.25) is 5.91 Å². The van der Waals surface area contributed by atoms with Crippen LogP contribution in [0.15, 0.2) is 30.5 Å². The summed E-state index contributed by atoms with van der Waals surface area (Å²) in [6.45, 7) is 0.616. The summed E-state index contributed by atoms with van der Waals surface area (Å²) in [6.07, 6.45) is 2.34. The van der Waals surface area contributed by atoms with Gasteiger partial charge < -0.3 is 15.6 Å². The van der Waals surface area contributed by atoms with Gasteiger partial charge in [0.1, 0.15) is 0 Å². The van der Waals surface area contributed by atoms with Crippen molar-refractivity contribution in [1.82, 2.24) is 4.98 Å². The maximum atomic E-state index is 11.7. The van der Waals surface area contributed by atoms with Crippen LogP contribution in [-0.4, -0.2) is 23.5 Å². The number of rotatable bonds is 1. The minimum atomic E-state index is -0.0353. The molecule has 4 nitrogen and oxygen atoms in total. The summed E-state index contributed by atoms with van der Waals surface area (Å²) < 4.78 is 0. The predicted octanol–water partition coefficient (Wildman–Crippen LogP) is 1.23. The molecule has 0 radical (unpaired) electrons. The number of nitrogens with zero attached hydrogens (tertiary/aromatic N) is 1. The number of nitrogens with one attached hydrogen (secondary N) is 1. The van der Waals surface area contributed by atoms with Gasteiger partial charge in [0.05, 0.1) is 0 Å². The standard InChI is InChI=1S/C12H13N3O/c13-9-5-12(16)15(7-9)10-2-1-8-3-4-14-11(8)6-10/h1-4,6,9,14H,5,7,13H2. The summed E-state index contributed by atoms with van der Waals surface area (Å²) >= 11 is 0. The van der Waals surface area contributed by atoms with E-state index in [9.17, 15) is 4.79 Å². The lowest BCUT2D eigenvalue weighted by Gasteiger charge is -2.15. The highest BCUT2D eigenvalue weighted by atomic mass is 16.2. The Kier molecular flexibility index (Phi) is 1.97. The molecule has 1 unspecified atom stereocenters. The molecule has 1 saturated heterocycles. The Labute approximate surface area is 93.0 Å². The van der Waals surface area contributed by atoms with Gasteiger partial charge in [-0.15, -0.1) is 0 Å². The average Bonchev–Trinajstić information content (AvgIpc) is 2.83. The highest BCUT2D eigenvalue weighted by molar-refractivity contribution is 5.98. The van der Waals surface area contributed by atoms with Gasteiger partial charge in [-0.3, -0.25) is 4.79 Å². The number of anilines is 1. The average molecular weight is 215 g/mol. The first-order valence-corrected chi connectivity index (χ1v) is 5.37. The van der Waals surface area contributed by atoms with Crippen LogP contribution >= 0.6 is 0 Å². The van der Waals surface area contributed by atoms with Crippen molar-refractivity contribution in [3.63, 3.8) is 0 Å². The quantitative estimate of drug-likeness (QED) is 0.751. The molecule has 1 atom stereocenters. The molecule has 1 aromatic heterocycles. The molecule has 0 saturated carbocycles. The van der Waals surface area contributed by atoms with Gasteiger partial charge in [0.25, 0.3) is 0 Å². The molecular formula is C12H13N3O. The number of hydrogen-bond donors (Lipinski definition) is 2. The molecule has 1 aromatic carbocycles. The van der Waals surface area contributed by atoms with Crippen LogP contribution in [0, 0.1) is 0 Å². The van der Waals surface area contributed by atoms with Gasteiger partial charge in [0.15, 0.2) is 0 Å². The molecule has 1 aliphatic rings. The van der Waals surface area contributed by atoms with Gasteiger partial charge >= 0.3 is 0 Å². The molecule has 3 N–H and O–H groups in total. The Morgan fingerprint density at radius 3 is 3.00 bits per heavy atom. The molecule has 2 aromatic rings. The van der Waals surface area contributed by atoms with Crippen LogP contribution in [0.3, 0.4) is 0 Å². The van der Waals surface area contributed by atoms with Crippen LogP contribution in [0.25, 0.3) is 10.9 Å². The van der Waals surface area contributed by atoms with Crippen molar-refractivity contribution in [2.75, 3.05) is 11.4 Å². The van der Waals surface area contributed by atoms with Crippen molar-refractivity contribution in [3.8, 4) is 0 Å². The summed E-state index contributed by atoms with van der Waals surface area (Å²) in [5.41, 5.74) is 7.75. The number of aromatic nitrogens is 1. The Morgan fingerprint density at radius 1 is 1.38 bits per heavy atom. The Bertz CT molecular complexity index is 546. The lowest BCUT2D eigenvalue weighted by Crippen LogP contribution is -2.27. The van der Waals surface area contributed by atoms with Gasteiger partial charge in [-0.2, -0.15) is 0 Å². The van der Waals surface area contributed by atoms with Crippen LogP contribution in [0.5, 0.6) is 0 Å². The molecule has 82 valence electrons. The van der Waals surface area contributed by atoms with E-state index < -0.39 is 0 Å². The molecule has 1 amide bonds. The van der Waals surface area contributed by atoms with E-state index in [1.807, 2.05) is 30.5 Å². The molecule has 1 fully saturated rings. The van der Waals surface area contributed by atoms with E-state index >= 15 is 0 Å². The number of H-pyrrole nitrogens is 1. The summed E-state index contributed by atoms with van der Waals surface area (Å²) in [7, 11) is 0. The summed E-state index contributed by atoms with van der Waals surface area (Å²) in [6, 6.07) is 7.94. The van der Waals surface area contributed by atoms with Gasteiger partial charge in [-0.25, -0.2) is 0 Å². The van der Waals surface area contributed by atoms with E-state index in [4.69, 9.17) is 5.73 Å². The summed E-state index contributed by atoms with van der Waals surface area (Å²) in [4.78, 5) is 16.6. The maximum absolute atomic E-state index is 11.7. The van der Waals surface area contributed by atoms with Crippen molar-refractivity contribution >= 4 is 22.5 Å². The smallest absolute Gasteiger partial charge is 0.228 e. The number of nitrogens with two attached hydrogens (primary N) is 1. The number of benzene rings is 1. The second-order valence-electron chi connectivity index (χ2n) is 4.22. The van der Waals surface area contributed by atoms with E-state index in [1.165, 1.54) is 0 Å². The topological polar surface area (TPSA) is 62.1 Å². The highest BCUT2D eigenvalue weighted by Crippen LogP contribution is 2.24. The first kappa shape index (κ1) is 9.42. The van der Waals surface area contributed by atoms with Crippen LogP contribution < -0.4 is 10.6 Å². The lowest BCUT2D eigenvalue weighted by atomic mass is 10.2. The number of fused-ring (bicyclic) bond motifs is 1. The molecule has 16 heavy (non-hydrogen) atoms. The van der Waals surface area contributed by atoms with Gasteiger partial charge in [-0.1, -0.05) is 6.07 Å². The molecular weight excluding hydrogens is 202 g/mol. The van der Waals surface area contributed by atoms with E-state index in [0.717, 1.165) is 16.6 Å². The fourth-order valence-corrected chi connectivity index (χ4v) is 2.19. The van der Waals surface area contributed by atoms with E-state index in [2.05, 4.69) is 4.98 Å². The minimum absolute atomic E-state index is 0.0353. The third kappa shape index (κ3) is 1.39. The molecule has 2 heterocycles. The number of carbonyl (C=O) groups is 1. The number of carbonyl (C=O) groups excluding carboxylic acids is 1. The van der Waals surface area contributed by atoms with E-state index in [0.29, 0.717) is 13.0 Å².